The first kappa shape index (κ1) is 26.1. The number of rotatable bonds is 9. The summed E-state index contributed by atoms with van der Waals surface area (Å²) in [7, 11) is 0. The van der Waals surface area contributed by atoms with Gasteiger partial charge < -0.3 is 10.6 Å². The SMILES string of the molecule is CCCC(=O)N[C@@H](c1cnn2cc([C@@H](NC(=O)c3cc(C)ncn3)C3CCC(F)(F)CC3)nc2c1)C1CC1. The number of hydrogen-bond donors (Lipinski definition) is 2. The molecule has 202 valence electrons. The second-order valence-electron chi connectivity index (χ2n) is 10.6. The van der Waals surface area contributed by atoms with Crippen LogP contribution in [0.3, 0.4) is 0 Å². The molecule has 0 radical (unpaired) electrons. The number of halogens is 2. The number of aryl methyl sites for hydroxylation is 1. The van der Waals surface area contributed by atoms with E-state index in [9.17, 15) is 18.4 Å². The van der Waals surface area contributed by atoms with E-state index in [1.807, 2.05) is 13.0 Å². The first-order valence-corrected chi connectivity index (χ1v) is 13.3. The number of aromatic nitrogens is 5. The van der Waals surface area contributed by atoms with Gasteiger partial charge in [-0.2, -0.15) is 5.10 Å². The van der Waals surface area contributed by atoms with Crippen molar-refractivity contribution in [1.29, 1.82) is 0 Å². The van der Waals surface area contributed by atoms with Gasteiger partial charge in [-0.15, -0.1) is 0 Å². The fourth-order valence-electron chi connectivity index (χ4n) is 5.23. The lowest BCUT2D eigenvalue weighted by molar-refractivity contribution is -0.122. The number of imidazole rings is 1. The van der Waals surface area contributed by atoms with Crippen LogP contribution in [0.15, 0.2) is 30.9 Å². The fraction of sp³-hybridized carbons (Fsp3) is 0.556. The maximum Gasteiger partial charge on any atom is 0.270 e. The van der Waals surface area contributed by atoms with Gasteiger partial charge in [0, 0.05) is 25.0 Å². The van der Waals surface area contributed by atoms with Gasteiger partial charge in [0.1, 0.15) is 12.0 Å². The van der Waals surface area contributed by atoms with E-state index >= 15 is 0 Å². The van der Waals surface area contributed by atoms with Gasteiger partial charge >= 0.3 is 0 Å². The Kier molecular flexibility index (Phi) is 7.36. The van der Waals surface area contributed by atoms with E-state index in [1.165, 1.54) is 6.33 Å². The van der Waals surface area contributed by atoms with E-state index < -0.39 is 17.9 Å². The highest BCUT2D eigenvalue weighted by molar-refractivity contribution is 5.92. The number of amides is 2. The lowest BCUT2D eigenvalue weighted by atomic mass is 9.81. The molecule has 3 heterocycles. The number of alkyl halides is 2. The summed E-state index contributed by atoms with van der Waals surface area (Å²) in [5.41, 5.74) is 2.88. The van der Waals surface area contributed by atoms with Gasteiger partial charge in [-0.05, 0) is 68.6 Å². The number of nitrogens with zero attached hydrogens (tertiary/aromatic N) is 5. The summed E-state index contributed by atoms with van der Waals surface area (Å²) < 4.78 is 29.5. The van der Waals surface area contributed by atoms with Crippen LogP contribution in [0.1, 0.15) is 97.8 Å². The summed E-state index contributed by atoms with van der Waals surface area (Å²) >= 11 is 0. The van der Waals surface area contributed by atoms with E-state index in [0.29, 0.717) is 29.4 Å². The van der Waals surface area contributed by atoms with Gasteiger partial charge in [0.05, 0.1) is 30.2 Å². The zero-order chi connectivity index (χ0) is 26.9. The Morgan fingerprint density at radius 1 is 1.08 bits per heavy atom. The van der Waals surface area contributed by atoms with Crippen LogP contribution in [0.5, 0.6) is 0 Å². The first-order chi connectivity index (χ1) is 18.2. The van der Waals surface area contributed by atoms with Crippen LogP contribution in [0, 0.1) is 18.8 Å². The predicted octanol–water partition coefficient (Wildman–Crippen LogP) is 4.49. The third-order valence-corrected chi connectivity index (χ3v) is 7.48. The largest absolute Gasteiger partial charge is 0.349 e. The maximum absolute atomic E-state index is 13.9. The van der Waals surface area contributed by atoms with Crippen LogP contribution in [-0.2, 0) is 4.79 Å². The van der Waals surface area contributed by atoms with Crippen molar-refractivity contribution in [2.24, 2.45) is 11.8 Å². The minimum atomic E-state index is -2.69. The normalized spacial score (nSPS) is 19.2. The molecule has 0 aromatic carbocycles. The number of carbonyl (C=O) groups excluding carboxylic acids is 2. The zero-order valence-electron chi connectivity index (χ0n) is 21.7. The van der Waals surface area contributed by atoms with Crippen LogP contribution in [0.4, 0.5) is 8.78 Å². The molecule has 2 aliphatic rings. The van der Waals surface area contributed by atoms with Gasteiger partial charge in [0.25, 0.3) is 5.91 Å². The number of nitrogens with one attached hydrogen (secondary N) is 2. The van der Waals surface area contributed by atoms with Gasteiger partial charge in [-0.1, -0.05) is 6.92 Å². The van der Waals surface area contributed by atoms with Crippen molar-refractivity contribution in [3.63, 3.8) is 0 Å². The molecule has 3 aromatic heterocycles. The molecule has 2 amide bonds. The van der Waals surface area contributed by atoms with E-state index in [2.05, 4.69) is 25.7 Å². The summed E-state index contributed by atoms with van der Waals surface area (Å²) in [6, 6.07) is 2.79. The minimum Gasteiger partial charge on any atom is -0.349 e. The van der Waals surface area contributed by atoms with Crippen molar-refractivity contribution in [2.45, 2.75) is 83.2 Å². The lowest BCUT2D eigenvalue weighted by Gasteiger charge is -2.33. The highest BCUT2D eigenvalue weighted by Crippen LogP contribution is 2.42. The second-order valence-corrected chi connectivity index (χ2v) is 10.6. The van der Waals surface area contributed by atoms with Gasteiger partial charge in [-0.3, -0.25) is 9.59 Å². The third kappa shape index (κ3) is 5.97. The molecule has 2 atom stereocenters. The molecule has 2 fully saturated rings. The van der Waals surface area contributed by atoms with Gasteiger partial charge in [0.15, 0.2) is 5.65 Å². The van der Waals surface area contributed by atoms with Crippen molar-refractivity contribution in [1.82, 2.24) is 35.2 Å². The summed E-state index contributed by atoms with van der Waals surface area (Å²) in [6.45, 7) is 3.74. The molecule has 11 heteroatoms. The predicted molar refractivity (Wildman–Crippen MR) is 135 cm³/mol. The highest BCUT2D eigenvalue weighted by Gasteiger charge is 2.39. The molecule has 0 saturated heterocycles. The molecule has 2 aliphatic carbocycles. The number of fused-ring (bicyclic) bond motifs is 1. The Morgan fingerprint density at radius 3 is 2.50 bits per heavy atom. The Bertz CT molecular complexity index is 1310. The Labute approximate surface area is 219 Å². The van der Waals surface area contributed by atoms with Crippen molar-refractivity contribution < 1.29 is 18.4 Å². The van der Waals surface area contributed by atoms with Gasteiger partial charge in [0.2, 0.25) is 11.8 Å². The van der Waals surface area contributed by atoms with Crippen molar-refractivity contribution in [2.75, 3.05) is 0 Å². The summed E-state index contributed by atoms with van der Waals surface area (Å²) in [4.78, 5) is 38.3. The number of hydrogen-bond acceptors (Lipinski definition) is 6. The van der Waals surface area contributed by atoms with Crippen LogP contribution in [0.2, 0.25) is 0 Å². The average molecular weight is 526 g/mol. The van der Waals surface area contributed by atoms with Crippen molar-refractivity contribution in [3.05, 3.63) is 53.5 Å². The van der Waals surface area contributed by atoms with E-state index in [4.69, 9.17) is 4.98 Å². The molecule has 2 saturated carbocycles. The molecule has 2 N–H and O–H groups in total. The van der Waals surface area contributed by atoms with Gasteiger partial charge in [-0.25, -0.2) is 28.2 Å². The molecular weight excluding hydrogens is 492 g/mol. The Balaban J connectivity index is 1.43. The molecule has 0 spiro atoms. The quantitative estimate of drug-likeness (QED) is 0.426. The van der Waals surface area contributed by atoms with E-state index in [-0.39, 0.29) is 49.2 Å². The zero-order valence-corrected chi connectivity index (χ0v) is 21.7. The van der Waals surface area contributed by atoms with Crippen LogP contribution < -0.4 is 10.6 Å². The molecule has 0 bridgehead atoms. The second kappa shape index (κ2) is 10.7. The molecule has 5 rings (SSSR count). The van der Waals surface area contributed by atoms with Crippen molar-refractivity contribution in [3.8, 4) is 0 Å². The van der Waals surface area contributed by atoms with Crippen LogP contribution in [-0.4, -0.2) is 42.3 Å². The van der Waals surface area contributed by atoms with E-state index in [1.54, 1.807) is 29.9 Å². The lowest BCUT2D eigenvalue weighted by Crippen LogP contribution is -2.37. The molecule has 9 nitrogen and oxygen atoms in total. The Hall–Kier alpha value is -3.50. The van der Waals surface area contributed by atoms with Crippen molar-refractivity contribution >= 4 is 17.5 Å². The maximum atomic E-state index is 13.9. The monoisotopic (exact) mass is 525 g/mol. The third-order valence-electron chi connectivity index (χ3n) is 7.48. The molecule has 0 unspecified atom stereocenters. The fourth-order valence-corrected chi connectivity index (χ4v) is 5.23. The molecule has 38 heavy (non-hydrogen) atoms. The summed E-state index contributed by atoms with van der Waals surface area (Å²) in [5.74, 6) is -2.91. The minimum absolute atomic E-state index is 0.0186. The standard InChI is InChI=1S/C27H33F2N7O2/c1-3-4-23(37)34-24(17-5-6-17)19-12-22-33-21(14-36(22)32-13-19)25(18-7-9-27(28,29)10-8-18)35-26(38)20-11-16(2)30-15-31-20/h11-15,17-18,24-25H,3-10H2,1-2H3,(H,34,37)(H,35,38)/t24-,25+/m1/s1. The number of carbonyl (C=O) groups is 2. The highest BCUT2D eigenvalue weighted by atomic mass is 19.3. The topological polar surface area (TPSA) is 114 Å². The van der Waals surface area contributed by atoms with Crippen LogP contribution in [0.25, 0.3) is 5.65 Å². The summed E-state index contributed by atoms with van der Waals surface area (Å²) in [5, 5.41) is 10.7. The smallest absolute Gasteiger partial charge is 0.270 e. The van der Waals surface area contributed by atoms with E-state index in [0.717, 1.165) is 24.8 Å². The Morgan fingerprint density at radius 2 is 1.82 bits per heavy atom. The average Bonchev–Trinajstić information content (AvgIpc) is 3.64. The van der Waals surface area contributed by atoms with Crippen LogP contribution >= 0.6 is 0 Å². The molecule has 3 aromatic rings. The first-order valence-electron chi connectivity index (χ1n) is 13.3. The molecule has 0 aliphatic heterocycles. The summed E-state index contributed by atoms with van der Waals surface area (Å²) in [6.07, 6.45) is 8.22. The molecular formula is C27H33F2N7O2.